The van der Waals surface area contributed by atoms with Gasteiger partial charge in [0.1, 0.15) is 0 Å². The summed E-state index contributed by atoms with van der Waals surface area (Å²) in [5, 5.41) is 2.12. The molecule has 0 saturated heterocycles. The molecule has 0 aromatic heterocycles. The highest BCUT2D eigenvalue weighted by Crippen LogP contribution is 2.25. The van der Waals surface area contributed by atoms with Crippen LogP contribution in [0.25, 0.3) is 0 Å². The summed E-state index contributed by atoms with van der Waals surface area (Å²) in [6.45, 7) is 0.0652. The molecular formula is C5H5F3N2O3S. The molecule has 0 aromatic rings. The van der Waals surface area contributed by atoms with E-state index in [4.69, 9.17) is 0 Å². The minimum absolute atomic E-state index is 0.0652. The van der Waals surface area contributed by atoms with Gasteiger partial charge in [-0.05, 0) is 6.08 Å². The SMILES string of the molecule is O=S(=O)(OC1=CCN=CN1)C(F)(F)F. The highest BCUT2D eigenvalue weighted by atomic mass is 32.2. The Hall–Kier alpha value is -1.25. The molecule has 1 rings (SSSR count). The van der Waals surface area contributed by atoms with Gasteiger partial charge in [-0.3, -0.25) is 4.99 Å². The lowest BCUT2D eigenvalue weighted by Crippen LogP contribution is -2.29. The molecule has 0 radical (unpaired) electrons. The fourth-order valence-corrected chi connectivity index (χ4v) is 1.03. The van der Waals surface area contributed by atoms with E-state index in [1.807, 2.05) is 0 Å². The second-order valence-electron chi connectivity index (χ2n) is 2.19. The van der Waals surface area contributed by atoms with E-state index in [2.05, 4.69) is 14.5 Å². The van der Waals surface area contributed by atoms with Gasteiger partial charge >= 0.3 is 15.6 Å². The van der Waals surface area contributed by atoms with Crippen molar-refractivity contribution in [1.29, 1.82) is 0 Å². The van der Waals surface area contributed by atoms with Gasteiger partial charge in [-0.2, -0.15) is 21.6 Å². The average molecular weight is 230 g/mol. The van der Waals surface area contributed by atoms with E-state index in [0.717, 1.165) is 12.4 Å². The fraction of sp³-hybridized carbons (Fsp3) is 0.400. The molecular weight excluding hydrogens is 225 g/mol. The maximum Gasteiger partial charge on any atom is 0.534 e. The van der Waals surface area contributed by atoms with Gasteiger partial charge in [0.05, 0.1) is 12.9 Å². The van der Waals surface area contributed by atoms with Crippen LogP contribution in [0.3, 0.4) is 0 Å². The normalized spacial score (nSPS) is 17.2. The standard InChI is InChI=1S/C5H5F3N2O3S/c6-5(7,8)14(11,12)13-4-1-2-9-3-10-4/h1,3H,2H2,(H,9,10). The fourth-order valence-electron chi connectivity index (χ4n) is 0.580. The van der Waals surface area contributed by atoms with E-state index in [1.165, 1.54) is 0 Å². The highest BCUT2D eigenvalue weighted by molar-refractivity contribution is 7.87. The van der Waals surface area contributed by atoms with E-state index < -0.39 is 21.5 Å². The van der Waals surface area contributed by atoms with Crippen LogP contribution in [0.2, 0.25) is 0 Å². The topological polar surface area (TPSA) is 67.8 Å². The number of aliphatic imine (C=N–C) groups is 1. The number of hydrogen-bond donors (Lipinski definition) is 1. The van der Waals surface area contributed by atoms with Crippen LogP contribution in [-0.2, 0) is 14.3 Å². The predicted octanol–water partition coefficient (Wildman–Crippen LogP) is 0.326. The zero-order chi connectivity index (χ0) is 10.8. The summed E-state index contributed by atoms with van der Waals surface area (Å²) in [6, 6.07) is 0. The minimum atomic E-state index is -5.59. The molecule has 0 bridgehead atoms. The van der Waals surface area contributed by atoms with Crippen molar-refractivity contribution in [1.82, 2.24) is 5.32 Å². The summed E-state index contributed by atoms with van der Waals surface area (Å²) in [6.07, 6.45) is 2.12. The number of halogens is 3. The summed E-state index contributed by atoms with van der Waals surface area (Å²) in [7, 11) is -5.59. The van der Waals surface area contributed by atoms with Crippen LogP contribution in [0.4, 0.5) is 13.2 Å². The Morgan fingerprint density at radius 1 is 1.50 bits per heavy atom. The van der Waals surface area contributed by atoms with Crippen molar-refractivity contribution in [2.45, 2.75) is 5.51 Å². The molecule has 0 aliphatic carbocycles. The van der Waals surface area contributed by atoms with E-state index >= 15 is 0 Å². The van der Waals surface area contributed by atoms with E-state index in [-0.39, 0.29) is 6.54 Å². The van der Waals surface area contributed by atoms with Gasteiger partial charge < -0.3 is 9.50 Å². The largest absolute Gasteiger partial charge is 0.534 e. The summed E-state index contributed by atoms with van der Waals surface area (Å²) >= 11 is 0. The zero-order valence-electron chi connectivity index (χ0n) is 6.58. The lowest BCUT2D eigenvalue weighted by atomic mass is 10.5. The highest BCUT2D eigenvalue weighted by Gasteiger charge is 2.48. The molecule has 14 heavy (non-hydrogen) atoms. The first kappa shape index (κ1) is 10.8. The van der Waals surface area contributed by atoms with Crippen molar-refractivity contribution >= 4 is 16.5 Å². The van der Waals surface area contributed by atoms with Crippen molar-refractivity contribution in [2.75, 3.05) is 6.54 Å². The van der Waals surface area contributed by atoms with Gasteiger partial charge in [0.2, 0.25) is 5.88 Å². The molecule has 0 unspecified atom stereocenters. The van der Waals surface area contributed by atoms with Crippen LogP contribution < -0.4 is 5.32 Å². The van der Waals surface area contributed by atoms with E-state index in [0.29, 0.717) is 0 Å². The average Bonchev–Trinajstić information content (AvgIpc) is 2.03. The Kier molecular flexibility index (Phi) is 2.69. The molecule has 9 heteroatoms. The van der Waals surface area contributed by atoms with Gasteiger partial charge in [0.15, 0.2) is 0 Å². The summed E-state index contributed by atoms with van der Waals surface area (Å²) in [5.41, 5.74) is -5.43. The monoisotopic (exact) mass is 230 g/mol. The number of nitrogens with one attached hydrogen (secondary N) is 1. The third-order valence-electron chi connectivity index (χ3n) is 1.16. The maximum atomic E-state index is 11.8. The molecule has 0 spiro atoms. The first-order chi connectivity index (χ1) is 6.33. The molecule has 0 saturated carbocycles. The van der Waals surface area contributed by atoms with Crippen molar-refractivity contribution in [3.05, 3.63) is 12.0 Å². The van der Waals surface area contributed by atoms with Crippen molar-refractivity contribution in [3.8, 4) is 0 Å². The van der Waals surface area contributed by atoms with Crippen LogP contribution in [0.1, 0.15) is 0 Å². The number of rotatable bonds is 2. The molecule has 0 fully saturated rings. The molecule has 0 amide bonds. The smallest absolute Gasteiger partial charge is 0.358 e. The van der Waals surface area contributed by atoms with E-state index in [1.54, 1.807) is 0 Å². The van der Waals surface area contributed by atoms with Crippen molar-refractivity contribution in [2.24, 2.45) is 4.99 Å². The van der Waals surface area contributed by atoms with Crippen LogP contribution in [0.15, 0.2) is 17.0 Å². The lowest BCUT2D eigenvalue weighted by molar-refractivity contribution is -0.0524. The van der Waals surface area contributed by atoms with E-state index in [9.17, 15) is 21.6 Å². The molecule has 1 heterocycles. The quantitative estimate of drug-likeness (QED) is 0.548. The number of hydrogen-bond acceptors (Lipinski definition) is 5. The lowest BCUT2D eigenvalue weighted by Gasteiger charge is -2.13. The van der Waals surface area contributed by atoms with Crippen LogP contribution in [0, 0.1) is 0 Å². The Morgan fingerprint density at radius 3 is 2.57 bits per heavy atom. The molecule has 1 aliphatic rings. The molecule has 0 aromatic carbocycles. The third kappa shape index (κ3) is 2.37. The minimum Gasteiger partial charge on any atom is -0.358 e. The first-order valence-corrected chi connectivity index (χ1v) is 4.69. The Morgan fingerprint density at radius 2 is 2.14 bits per heavy atom. The first-order valence-electron chi connectivity index (χ1n) is 3.29. The van der Waals surface area contributed by atoms with Gasteiger partial charge in [0.25, 0.3) is 0 Å². The van der Waals surface area contributed by atoms with Crippen LogP contribution in [0.5, 0.6) is 0 Å². The van der Waals surface area contributed by atoms with Gasteiger partial charge in [-0.1, -0.05) is 0 Å². The Bertz CT molecular complexity index is 370. The molecule has 80 valence electrons. The molecule has 0 atom stereocenters. The second kappa shape index (κ2) is 3.48. The van der Waals surface area contributed by atoms with Gasteiger partial charge in [0, 0.05) is 0 Å². The molecule has 1 N–H and O–H groups in total. The Labute approximate surface area is 77.4 Å². The maximum absolute atomic E-state index is 11.8. The second-order valence-corrected chi connectivity index (χ2v) is 3.73. The Balaban J connectivity index is 2.74. The van der Waals surface area contributed by atoms with Crippen LogP contribution >= 0.6 is 0 Å². The number of nitrogens with zero attached hydrogens (tertiary/aromatic N) is 1. The van der Waals surface area contributed by atoms with Crippen LogP contribution in [-0.4, -0.2) is 26.8 Å². The summed E-state index contributed by atoms with van der Waals surface area (Å²) in [5.74, 6) is -0.502. The molecule has 1 aliphatic heterocycles. The third-order valence-corrected chi connectivity index (χ3v) is 2.13. The van der Waals surface area contributed by atoms with Gasteiger partial charge in [-0.15, -0.1) is 0 Å². The predicted molar refractivity (Wildman–Crippen MR) is 40.6 cm³/mol. The number of alkyl halides is 3. The van der Waals surface area contributed by atoms with Crippen molar-refractivity contribution in [3.63, 3.8) is 0 Å². The van der Waals surface area contributed by atoms with Gasteiger partial charge in [-0.25, -0.2) is 0 Å². The van der Waals surface area contributed by atoms with Crippen molar-refractivity contribution < 1.29 is 25.8 Å². The summed E-state index contributed by atoms with van der Waals surface area (Å²) in [4.78, 5) is 3.55. The molecule has 5 nitrogen and oxygen atoms in total. The zero-order valence-corrected chi connectivity index (χ0v) is 7.39. The summed E-state index contributed by atoms with van der Waals surface area (Å²) < 4.78 is 60.0.